The van der Waals surface area contributed by atoms with E-state index in [0.29, 0.717) is 18.6 Å². The van der Waals surface area contributed by atoms with Crippen LogP contribution in [0.1, 0.15) is 36.0 Å². The molecule has 0 radical (unpaired) electrons. The molecule has 1 aromatic carbocycles. The summed E-state index contributed by atoms with van der Waals surface area (Å²) in [7, 11) is 1.66. The fourth-order valence-electron chi connectivity index (χ4n) is 2.53. The largest absolute Gasteiger partial charge is 0.507 e. The average Bonchev–Trinajstić information content (AvgIpc) is 2.38. The van der Waals surface area contributed by atoms with Gasteiger partial charge >= 0.3 is 0 Å². The van der Waals surface area contributed by atoms with E-state index in [2.05, 4.69) is 0 Å². The molecule has 0 bridgehead atoms. The van der Waals surface area contributed by atoms with Crippen LogP contribution in [0, 0.1) is 0 Å². The first kappa shape index (κ1) is 12.0. The second-order valence-corrected chi connectivity index (χ2v) is 4.46. The molecule has 17 heavy (non-hydrogen) atoms. The number of aromatic hydroxyl groups is 1. The molecule has 0 spiro atoms. The zero-order valence-electron chi connectivity index (χ0n) is 10.2. The lowest BCUT2D eigenvalue weighted by atomic mass is 9.87. The summed E-state index contributed by atoms with van der Waals surface area (Å²) in [6.45, 7) is 0. The van der Waals surface area contributed by atoms with Gasteiger partial charge in [-0.15, -0.1) is 0 Å². The summed E-state index contributed by atoms with van der Waals surface area (Å²) in [5, 5.41) is 10.2. The van der Waals surface area contributed by atoms with Crippen molar-refractivity contribution in [2.45, 2.75) is 38.5 Å². The molecule has 0 atom stereocenters. The Morgan fingerprint density at radius 3 is 2.71 bits per heavy atom. The third kappa shape index (κ3) is 2.28. The molecule has 1 aliphatic carbocycles. The molecule has 0 amide bonds. The fraction of sp³-hybridized carbons (Fsp3) is 0.500. The summed E-state index contributed by atoms with van der Waals surface area (Å²) in [5.41, 5.74) is 3.00. The number of methoxy groups -OCH3 is 1. The Balaban J connectivity index is 2.44. The molecule has 0 heterocycles. The molecule has 1 aliphatic rings. The first-order chi connectivity index (χ1) is 8.27. The van der Waals surface area contributed by atoms with Gasteiger partial charge in [0.15, 0.2) is 0 Å². The summed E-state index contributed by atoms with van der Waals surface area (Å²) in [6.07, 6.45) is 6.05. The number of carbonyl (C=O) groups is 1. The highest BCUT2D eigenvalue weighted by Gasteiger charge is 2.20. The first-order valence-electron chi connectivity index (χ1n) is 6.12. The predicted molar refractivity (Wildman–Crippen MR) is 65.7 cm³/mol. The van der Waals surface area contributed by atoms with Crippen LogP contribution in [-0.2, 0) is 24.1 Å². The predicted octanol–water partition coefficient (Wildman–Crippen LogP) is 2.41. The minimum Gasteiger partial charge on any atom is -0.507 e. The zero-order valence-corrected chi connectivity index (χ0v) is 10.2. The van der Waals surface area contributed by atoms with Gasteiger partial charge in [0.05, 0.1) is 7.11 Å². The molecule has 1 N–H and O–H groups in total. The number of hydrogen-bond acceptors (Lipinski definition) is 3. The molecule has 0 aromatic heterocycles. The van der Waals surface area contributed by atoms with E-state index in [1.54, 1.807) is 7.11 Å². The Labute approximate surface area is 101 Å². The van der Waals surface area contributed by atoms with Gasteiger partial charge in [-0.25, -0.2) is 0 Å². The second-order valence-electron chi connectivity index (χ2n) is 4.46. The number of aldehydes is 1. The molecule has 0 unspecified atom stereocenters. The summed E-state index contributed by atoms with van der Waals surface area (Å²) in [4.78, 5) is 10.4. The fourth-order valence-corrected chi connectivity index (χ4v) is 2.53. The van der Waals surface area contributed by atoms with Crippen molar-refractivity contribution in [3.8, 4) is 11.5 Å². The van der Waals surface area contributed by atoms with Gasteiger partial charge in [-0.3, -0.25) is 0 Å². The van der Waals surface area contributed by atoms with Crippen molar-refractivity contribution in [2.75, 3.05) is 7.11 Å². The third-order valence-corrected chi connectivity index (χ3v) is 3.41. The van der Waals surface area contributed by atoms with E-state index < -0.39 is 0 Å². The Morgan fingerprint density at radius 2 is 2.06 bits per heavy atom. The molecule has 2 rings (SSSR count). The minimum absolute atomic E-state index is 0.377. The number of phenolic OH excluding ortho intramolecular Hbond substituents is 1. The maximum atomic E-state index is 10.4. The Bertz CT molecular complexity index is 424. The number of rotatable bonds is 4. The van der Waals surface area contributed by atoms with E-state index in [0.717, 1.165) is 54.4 Å². The molecular formula is C14H18O3. The third-order valence-electron chi connectivity index (χ3n) is 3.41. The van der Waals surface area contributed by atoms with Crippen molar-refractivity contribution in [3.63, 3.8) is 0 Å². The van der Waals surface area contributed by atoms with Crippen molar-refractivity contribution < 1.29 is 14.6 Å². The van der Waals surface area contributed by atoms with E-state index in [9.17, 15) is 9.90 Å². The van der Waals surface area contributed by atoms with E-state index in [1.807, 2.05) is 6.07 Å². The molecule has 0 saturated heterocycles. The van der Waals surface area contributed by atoms with Crippen LogP contribution in [0.25, 0.3) is 0 Å². The topological polar surface area (TPSA) is 46.5 Å². The van der Waals surface area contributed by atoms with Crippen molar-refractivity contribution in [3.05, 3.63) is 22.8 Å². The van der Waals surface area contributed by atoms with Crippen LogP contribution in [0.15, 0.2) is 6.07 Å². The van der Waals surface area contributed by atoms with Crippen LogP contribution < -0.4 is 4.74 Å². The molecule has 0 saturated carbocycles. The van der Waals surface area contributed by atoms with Gasteiger partial charge in [0, 0.05) is 17.5 Å². The Kier molecular flexibility index (Phi) is 3.67. The van der Waals surface area contributed by atoms with Crippen LogP contribution in [0.5, 0.6) is 11.5 Å². The quantitative estimate of drug-likeness (QED) is 0.814. The smallest absolute Gasteiger partial charge is 0.122 e. The van der Waals surface area contributed by atoms with Crippen molar-refractivity contribution in [2.24, 2.45) is 0 Å². The van der Waals surface area contributed by atoms with Crippen molar-refractivity contribution in [1.29, 1.82) is 0 Å². The van der Waals surface area contributed by atoms with Gasteiger partial charge in [-0.2, -0.15) is 0 Å². The lowest BCUT2D eigenvalue weighted by Gasteiger charge is -2.21. The van der Waals surface area contributed by atoms with E-state index in [4.69, 9.17) is 4.74 Å². The average molecular weight is 234 g/mol. The monoisotopic (exact) mass is 234 g/mol. The molecule has 1 aromatic rings. The maximum absolute atomic E-state index is 10.4. The lowest BCUT2D eigenvalue weighted by Crippen LogP contribution is -2.07. The van der Waals surface area contributed by atoms with Crippen molar-refractivity contribution in [1.82, 2.24) is 0 Å². The number of aryl methyl sites for hydroxylation is 1. The highest BCUT2D eigenvalue weighted by molar-refractivity contribution is 5.56. The van der Waals surface area contributed by atoms with E-state index in [-0.39, 0.29) is 0 Å². The van der Waals surface area contributed by atoms with E-state index >= 15 is 0 Å². The molecule has 0 fully saturated rings. The van der Waals surface area contributed by atoms with Crippen molar-refractivity contribution >= 4 is 6.29 Å². The molecule has 92 valence electrons. The van der Waals surface area contributed by atoms with E-state index in [1.165, 1.54) is 0 Å². The Morgan fingerprint density at radius 1 is 1.35 bits per heavy atom. The van der Waals surface area contributed by atoms with Crippen LogP contribution >= 0.6 is 0 Å². The van der Waals surface area contributed by atoms with Crippen LogP contribution in [0.2, 0.25) is 0 Å². The lowest BCUT2D eigenvalue weighted by molar-refractivity contribution is -0.107. The standard InChI is InChI=1S/C14H18O3/c1-17-13-9-10(5-4-8-15)14(16)12-7-3-2-6-11(12)13/h8-9,16H,2-7H2,1H3. The Hall–Kier alpha value is -1.51. The van der Waals surface area contributed by atoms with Gasteiger partial charge < -0.3 is 14.6 Å². The summed E-state index contributed by atoms with van der Waals surface area (Å²) in [5.74, 6) is 1.24. The second kappa shape index (κ2) is 5.21. The van der Waals surface area contributed by atoms with Gasteiger partial charge in [-0.1, -0.05) is 0 Å². The van der Waals surface area contributed by atoms with Crippen LogP contribution in [0.4, 0.5) is 0 Å². The SMILES string of the molecule is COc1cc(CCC=O)c(O)c2c1CCCC2. The number of benzene rings is 1. The number of ether oxygens (including phenoxy) is 1. The molecular weight excluding hydrogens is 216 g/mol. The number of phenols is 1. The molecule has 3 heteroatoms. The normalized spacial score (nSPS) is 14.2. The highest BCUT2D eigenvalue weighted by atomic mass is 16.5. The van der Waals surface area contributed by atoms with Gasteiger partial charge in [-0.05, 0) is 43.7 Å². The minimum atomic E-state index is 0.377. The van der Waals surface area contributed by atoms with Crippen LogP contribution in [0.3, 0.4) is 0 Å². The van der Waals surface area contributed by atoms with Gasteiger partial charge in [0.25, 0.3) is 0 Å². The highest BCUT2D eigenvalue weighted by Crippen LogP contribution is 2.38. The summed E-state index contributed by atoms with van der Waals surface area (Å²) < 4.78 is 5.39. The zero-order chi connectivity index (χ0) is 12.3. The first-order valence-corrected chi connectivity index (χ1v) is 6.12. The van der Waals surface area contributed by atoms with Gasteiger partial charge in [0.1, 0.15) is 17.8 Å². The van der Waals surface area contributed by atoms with Gasteiger partial charge in [0.2, 0.25) is 0 Å². The maximum Gasteiger partial charge on any atom is 0.122 e. The number of fused-ring (bicyclic) bond motifs is 1. The number of carbonyl (C=O) groups excluding carboxylic acids is 1. The molecule has 0 aliphatic heterocycles. The molecule has 3 nitrogen and oxygen atoms in total. The summed E-state index contributed by atoms with van der Waals surface area (Å²) in [6, 6.07) is 1.88. The number of hydrogen-bond donors (Lipinski definition) is 1. The van der Waals surface area contributed by atoms with Crippen LogP contribution in [-0.4, -0.2) is 18.5 Å². The summed E-state index contributed by atoms with van der Waals surface area (Å²) >= 11 is 0.